The van der Waals surface area contributed by atoms with Crippen LogP contribution in [-0.4, -0.2) is 30.0 Å². The molecule has 0 saturated heterocycles. The fourth-order valence-electron chi connectivity index (χ4n) is 1.79. The Kier molecular flexibility index (Phi) is 5.97. The van der Waals surface area contributed by atoms with Gasteiger partial charge in [-0.3, -0.25) is 4.98 Å². The summed E-state index contributed by atoms with van der Waals surface area (Å²) in [6.45, 7) is 3.91. The molecule has 0 saturated carbocycles. The van der Waals surface area contributed by atoms with Crippen molar-refractivity contribution in [2.45, 2.75) is 13.1 Å². The number of thiophene rings is 1. The van der Waals surface area contributed by atoms with Gasteiger partial charge in [-0.25, -0.2) is 0 Å². The molecule has 0 amide bonds. The zero-order valence-electron chi connectivity index (χ0n) is 11.0. The minimum absolute atomic E-state index is 0.881. The first-order valence-electron chi connectivity index (χ1n) is 6.25. The molecule has 0 bridgehead atoms. The van der Waals surface area contributed by atoms with Crippen LogP contribution >= 0.6 is 27.3 Å². The van der Waals surface area contributed by atoms with Crippen molar-refractivity contribution in [3.63, 3.8) is 0 Å². The molecular formula is C14H18BrN3S. The van der Waals surface area contributed by atoms with Gasteiger partial charge in [-0.15, -0.1) is 11.3 Å². The number of nitrogens with zero attached hydrogens (tertiary/aromatic N) is 2. The maximum Gasteiger partial charge on any atom is 0.0325 e. The number of rotatable bonds is 7. The number of likely N-dealkylation sites (N-methyl/N-ethyl adjacent to an activating group) is 1. The maximum atomic E-state index is 4.10. The first-order valence-corrected chi connectivity index (χ1v) is 7.92. The summed E-state index contributed by atoms with van der Waals surface area (Å²) in [6.07, 6.45) is 3.70. The molecule has 0 aliphatic heterocycles. The van der Waals surface area contributed by atoms with E-state index in [1.54, 1.807) is 17.5 Å². The van der Waals surface area contributed by atoms with Gasteiger partial charge in [0, 0.05) is 53.3 Å². The minimum Gasteiger partial charge on any atom is -0.311 e. The van der Waals surface area contributed by atoms with E-state index in [-0.39, 0.29) is 0 Å². The fraction of sp³-hybridized carbons (Fsp3) is 0.357. The van der Waals surface area contributed by atoms with Crippen LogP contribution in [0.4, 0.5) is 0 Å². The largest absolute Gasteiger partial charge is 0.311 e. The van der Waals surface area contributed by atoms with E-state index >= 15 is 0 Å². The zero-order chi connectivity index (χ0) is 13.5. The van der Waals surface area contributed by atoms with Crippen molar-refractivity contribution in [3.8, 4) is 0 Å². The van der Waals surface area contributed by atoms with Crippen LogP contribution < -0.4 is 5.32 Å². The Morgan fingerprint density at radius 3 is 3.05 bits per heavy atom. The summed E-state index contributed by atoms with van der Waals surface area (Å²) in [5, 5.41) is 5.56. The molecule has 0 unspecified atom stereocenters. The van der Waals surface area contributed by atoms with Gasteiger partial charge in [0.05, 0.1) is 0 Å². The van der Waals surface area contributed by atoms with Crippen molar-refractivity contribution >= 4 is 27.3 Å². The van der Waals surface area contributed by atoms with Crippen LogP contribution in [0.1, 0.15) is 10.4 Å². The summed E-state index contributed by atoms with van der Waals surface area (Å²) in [4.78, 5) is 7.82. The summed E-state index contributed by atoms with van der Waals surface area (Å²) in [6, 6.07) is 6.24. The molecule has 0 radical (unpaired) electrons. The average molecular weight is 340 g/mol. The highest BCUT2D eigenvalue weighted by atomic mass is 79.9. The van der Waals surface area contributed by atoms with Gasteiger partial charge in [0.1, 0.15) is 0 Å². The first-order chi connectivity index (χ1) is 9.24. The maximum absolute atomic E-state index is 4.10. The second kappa shape index (κ2) is 7.75. The molecule has 0 aliphatic rings. The van der Waals surface area contributed by atoms with Crippen LogP contribution in [-0.2, 0) is 13.1 Å². The fourth-order valence-corrected chi connectivity index (χ4v) is 3.32. The van der Waals surface area contributed by atoms with Gasteiger partial charge in [0.25, 0.3) is 0 Å². The second-order valence-corrected chi connectivity index (χ2v) is 6.42. The lowest BCUT2D eigenvalue weighted by atomic mass is 10.3. The van der Waals surface area contributed by atoms with Gasteiger partial charge in [0.15, 0.2) is 0 Å². The monoisotopic (exact) mass is 339 g/mol. The van der Waals surface area contributed by atoms with E-state index in [4.69, 9.17) is 0 Å². The normalized spacial score (nSPS) is 11.1. The lowest BCUT2D eigenvalue weighted by Gasteiger charge is -2.15. The quantitative estimate of drug-likeness (QED) is 0.785. The molecule has 19 heavy (non-hydrogen) atoms. The van der Waals surface area contributed by atoms with Crippen LogP contribution in [0.3, 0.4) is 0 Å². The van der Waals surface area contributed by atoms with Gasteiger partial charge in [0.2, 0.25) is 0 Å². The van der Waals surface area contributed by atoms with Crippen molar-refractivity contribution in [1.29, 1.82) is 0 Å². The van der Waals surface area contributed by atoms with Crippen molar-refractivity contribution in [1.82, 2.24) is 15.2 Å². The summed E-state index contributed by atoms with van der Waals surface area (Å²) in [5.41, 5.74) is 1.23. The Labute approximate surface area is 126 Å². The third-order valence-electron chi connectivity index (χ3n) is 2.77. The van der Waals surface area contributed by atoms with E-state index in [0.29, 0.717) is 0 Å². The SMILES string of the molecule is CN(CCNCc1cccnc1)Cc1cc(Br)cs1. The molecule has 5 heteroatoms. The van der Waals surface area contributed by atoms with Crippen LogP contribution in [0, 0.1) is 0 Å². The van der Waals surface area contributed by atoms with Gasteiger partial charge < -0.3 is 10.2 Å². The van der Waals surface area contributed by atoms with Crippen LogP contribution in [0.2, 0.25) is 0 Å². The van der Waals surface area contributed by atoms with Crippen molar-refractivity contribution in [2.24, 2.45) is 0 Å². The Bertz CT molecular complexity index is 486. The molecule has 0 atom stereocenters. The van der Waals surface area contributed by atoms with Crippen LogP contribution in [0.25, 0.3) is 0 Å². The van der Waals surface area contributed by atoms with Gasteiger partial charge in [-0.05, 0) is 40.7 Å². The molecule has 2 aromatic heterocycles. The molecule has 102 valence electrons. The van der Waals surface area contributed by atoms with Crippen molar-refractivity contribution in [2.75, 3.05) is 20.1 Å². The lowest BCUT2D eigenvalue weighted by molar-refractivity contribution is 0.327. The van der Waals surface area contributed by atoms with Gasteiger partial charge >= 0.3 is 0 Å². The van der Waals surface area contributed by atoms with Gasteiger partial charge in [-0.1, -0.05) is 6.07 Å². The Morgan fingerprint density at radius 1 is 1.47 bits per heavy atom. The predicted octanol–water partition coefficient (Wildman–Crippen LogP) is 3.13. The average Bonchev–Trinajstić information content (AvgIpc) is 2.81. The predicted molar refractivity (Wildman–Crippen MR) is 84.3 cm³/mol. The molecule has 0 aliphatic carbocycles. The number of nitrogens with one attached hydrogen (secondary N) is 1. The number of halogens is 1. The molecule has 3 nitrogen and oxygen atoms in total. The molecule has 2 heterocycles. The number of pyridine rings is 1. The number of hydrogen-bond donors (Lipinski definition) is 1. The third kappa shape index (κ3) is 5.40. The van der Waals surface area contributed by atoms with E-state index in [2.05, 4.69) is 55.7 Å². The minimum atomic E-state index is 0.881. The van der Waals surface area contributed by atoms with E-state index in [9.17, 15) is 0 Å². The van der Waals surface area contributed by atoms with E-state index in [1.165, 1.54) is 14.9 Å². The number of aromatic nitrogens is 1. The molecule has 0 spiro atoms. The van der Waals surface area contributed by atoms with Crippen molar-refractivity contribution in [3.05, 3.63) is 50.9 Å². The van der Waals surface area contributed by atoms with Crippen LogP contribution in [0.5, 0.6) is 0 Å². The molecule has 0 fully saturated rings. The van der Waals surface area contributed by atoms with Crippen LogP contribution in [0.15, 0.2) is 40.4 Å². The van der Waals surface area contributed by atoms with Crippen molar-refractivity contribution < 1.29 is 0 Å². The summed E-state index contributed by atoms with van der Waals surface area (Å²) in [7, 11) is 2.15. The third-order valence-corrected chi connectivity index (χ3v) is 4.45. The molecular weight excluding hydrogens is 322 g/mol. The Balaban J connectivity index is 1.63. The number of hydrogen-bond acceptors (Lipinski definition) is 4. The molecule has 1 N–H and O–H groups in total. The summed E-state index contributed by atoms with van der Waals surface area (Å²) >= 11 is 5.28. The van der Waals surface area contributed by atoms with E-state index in [1.807, 2.05) is 12.3 Å². The van der Waals surface area contributed by atoms with E-state index in [0.717, 1.165) is 26.2 Å². The topological polar surface area (TPSA) is 28.2 Å². The lowest BCUT2D eigenvalue weighted by Crippen LogP contribution is -2.28. The van der Waals surface area contributed by atoms with Gasteiger partial charge in [-0.2, -0.15) is 0 Å². The first kappa shape index (κ1) is 14.7. The second-order valence-electron chi connectivity index (χ2n) is 4.51. The smallest absolute Gasteiger partial charge is 0.0325 e. The zero-order valence-corrected chi connectivity index (χ0v) is 13.4. The molecule has 2 aromatic rings. The highest BCUT2D eigenvalue weighted by molar-refractivity contribution is 9.10. The van der Waals surface area contributed by atoms with E-state index < -0.39 is 0 Å². The molecule has 2 rings (SSSR count). The standard InChI is InChI=1S/C14H18BrN3S/c1-18(10-14-7-13(15)11-19-14)6-5-17-9-12-3-2-4-16-8-12/h2-4,7-8,11,17H,5-6,9-10H2,1H3. The Morgan fingerprint density at radius 2 is 2.37 bits per heavy atom. The molecule has 0 aromatic carbocycles. The highest BCUT2D eigenvalue weighted by Crippen LogP contribution is 2.20. The Hall–Kier alpha value is -0.750. The highest BCUT2D eigenvalue weighted by Gasteiger charge is 2.02. The summed E-state index contributed by atoms with van der Waals surface area (Å²) < 4.78 is 1.18. The summed E-state index contributed by atoms with van der Waals surface area (Å²) in [5.74, 6) is 0.